The molecule has 46 heavy (non-hydrogen) atoms. The minimum absolute atomic E-state index is 0.126. The summed E-state index contributed by atoms with van der Waals surface area (Å²) in [5.74, 6) is 0.160. The zero-order chi connectivity index (χ0) is 33.1. The van der Waals surface area contributed by atoms with E-state index in [9.17, 15) is 19.8 Å². The summed E-state index contributed by atoms with van der Waals surface area (Å²) >= 11 is 0. The number of rotatable bonds is 14. The Labute approximate surface area is 273 Å². The monoisotopic (exact) mass is 639 g/mol. The quantitative estimate of drug-likeness (QED) is 0.246. The molecular weight excluding hydrogens is 586 g/mol. The lowest BCUT2D eigenvalue weighted by atomic mass is 9.88. The molecule has 4 rings (SSSR count). The highest BCUT2D eigenvalue weighted by Crippen LogP contribution is 2.27. The summed E-state index contributed by atoms with van der Waals surface area (Å²) in [5, 5.41) is 27.8. The molecule has 2 aromatic carbocycles. The van der Waals surface area contributed by atoms with Gasteiger partial charge in [-0.05, 0) is 82.1 Å². The number of nitrogens with zero attached hydrogens (tertiary/aromatic N) is 1. The molecule has 1 saturated carbocycles. The number of ether oxygens (including phenoxy) is 3. The van der Waals surface area contributed by atoms with Gasteiger partial charge in [-0.3, -0.25) is 9.69 Å². The van der Waals surface area contributed by atoms with Crippen LogP contribution >= 0.6 is 0 Å². The number of aliphatic hydroxyl groups excluding tert-OH is 2. The van der Waals surface area contributed by atoms with E-state index in [4.69, 9.17) is 14.2 Å². The van der Waals surface area contributed by atoms with Gasteiger partial charge in [-0.15, -0.1) is 0 Å². The first-order valence-corrected chi connectivity index (χ1v) is 16.7. The molecule has 10 heteroatoms. The third kappa shape index (κ3) is 11.9. The van der Waals surface area contributed by atoms with Crippen molar-refractivity contribution >= 4 is 12.0 Å². The van der Waals surface area contributed by atoms with Crippen molar-refractivity contribution in [2.45, 2.75) is 89.7 Å². The lowest BCUT2D eigenvalue weighted by Gasteiger charge is -2.29. The Morgan fingerprint density at radius 3 is 2.30 bits per heavy atom. The number of alkyl carbamates (subject to hydrolysis) is 1. The second-order valence-electron chi connectivity index (χ2n) is 13.8. The van der Waals surface area contributed by atoms with E-state index in [1.807, 2.05) is 61.5 Å². The Balaban J connectivity index is 1.45. The van der Waals surface area contributed by atoms with Gasteiger partial charge in [-0.1, -0.05) is 49.4 Å². The van der Waals surface area contributed by atoms with Gasteiger partial charge in [0.1, 0.15) is 18.0 Å². The van der Waals surface area contributed by atoms with Crippen LogP contribution < -0.4 is 15.4 Å². The van der Waals surface area contributed by atoms with Crippen LogP contribution in [0.15, 0.2) is 54.6 Å². The number of amides is 2. The molecule has 2 fully saturated rings. The number of hydrogen-bond acceptors (Lipinski definition) is 8. The first-order valence-electron chi connectivity index (χ1n) is 16.7. The second-order valence-corrected chi connectivity index (χ2v) is 13.8. The number of hydrogen-bond donors (Lipinski definition) is 4. The fraction of sp³-hybridized carbons (Fsp3) is 0.611. The Morgan fingerprint density at radius 2 is 1.67 bits per heavy atom. The summed E-state index contributed by atoms with van der Waals surface area (Å²) in [6, 6.07) is 16.6. The van der Waals surface area contributed by atoms with E-state index in [0.717, 1.165) is 49.7 Å². The number of carbonyl (C=O) groups excluding carboxylic acids is 2. The summed E-state index contributed by atoms with van der Waals surface area (Å²) in [6.45, 7) is 12.1. The molecule has 0 bridgehead atoms. The fourth-order valence-electron chi connectivity index (χ4n) is 6.19. The summed E-state index contributed by atoms with van der Waals surface area (Å²) in [4.78, 5) is 28.9. The van der Waals surface area contributed by atoms with Crippen LogP contribution in [0.4, 0.5) is 4.79 Å². The van der Waals surface area contributed by atoms with Gasteiger partial charge in [0.25, 0.3) is 0 Å². The number of carbonyl (C=O) groups is 2. The minimum atomic E-state index is -1.03. The van der Waals surface area contributed by atoms with Crippen LogP contribution in [0.25, 0.3) is 0 Å². The second kappa shape index (κ2) is 17.1. The van der Waals surface area contributed by atoms with Crippen LogP contribution in [-0.2, 0) is 27.1 Å². The smallest absolute Gasteiger partial charge is 0.407 e. The van der Waals surface area contributed by atoms with Crippen molar-refractivity contribution in [3.8, 4) is 5.75 Å². The van der Waals surface area contributed by atoms with Gasteiger partial charge in [0.2, 0.25) is 5.91 Å². The topological polar surface area (TPSA) is 130 Å². The van der Waals surface area contributed by atoms with Crippen LogP contribution in [0.1, 0.15) is 58.1 Å². The molecule has 2 aromatic rings. The molecule has 6 unspecified atom stereocenters. The number of aliphatic hydroxyl groups is 2. The predicted octanol–water partition coefficient (Wildman–Crippen LogP) is 3.72. The van der Waals surface area contributed by atoms with E-state index in [1.54, 1.807) is 20.8 Å². The van der Waals surface area contributed by atoms with Gasteiger partial charge in [-0.25, -0.2) is 4.79 Å². The predicted molar refractivity (Wildman–Crippen MR) is 177 cm³/mol. The van der Waals surface area contributed by atoms with Gasteiger partial charge >= 0.3 is 6.09 Å². The van der Waals surface area contributed by atoms with Gasteiger partial charge in [-0.2, -0.15) is 0 Å². The average Bonchev–Trinajstić information content (AvgIpc) is 3.33. The van der Waals surface area contributed by atoms with Gasteiger partial charge in [0.15, 0.2) is 0 Å². The van der Waals surface area contributed by atoms with Gasteiger partial charge < -0.3 is 35.1 Å². The zero-order valence-electron chi connectivity index (χ0n) is 27.8. The Morgan fingerprint density at radius 1 is 1.00 bits per heavy atom. The summed E-state index contributed by atoms with van der Waals surface area (Å²) in [6.07, 6.45) is -0.0405. The van der Waals surface area contributed by atoms with E-state index in [2.05, 4.69) is 15.5 Å². The van der Waals surface area contributed by atoms with Gasteiger partial charge in [0.05, 0.1) is 31.5 Å². The molecule has 2 aliphatic rings. The molecular formula is C36H53N3O7. The molecule has 0 aromatic heterocycles. The fourth-order valence-corrected chi connectivity index (χ4v) is 6.19. The summed E-state index contributed by atoms with van der Waals surface area (Å²) in [5.41, 5.74) is 1.18. The van der Waals surface area contributed by atoms with Crippen molar-refractivity contribution in [3.05, 3.63) is 65.7 Å². The number of nitrogens with one attached hydrogen (secondary N) is 2. The first kappa shape index (κ1) is 35.7. The SMILES string of the molecule is CC1CC(O)CC1NC(=O)C(Cc1ccc(OCCN2CCOCC2)cc1)CC(O)C(Cc1ccccc1)NC(=O)OC(C)(C)C. The van der Waals surface area contributed by atoms with Crippen LogP contribution in [0.5, 0.6) is 5.75 Å². The van der Waals surface area contributed by atoms with Crippen molar-refractivity contribution < 1.29 is 34.0 Å². The lowest BCUT2D eigenvalue weighted by molar-refractivity contribution is -0.127. The molecule has 2 amide bonds. The number of benzene rings is 2. The van der Waals surface area contributed by atoms with Crippen molar-refractivity contribution in [2.24, 2.45) is 11.8 Å². The zero-order valence-corrected chi connectivity index (χ0v) is 27.8. The third-order valence-electron chi connectivity index (χ3n) is 8.73. The standard InChI is InChI=1S/C36H53N3O7/c1-25-20-29(40)24-31(25)37-34(42)28(21-27-10-12-30(13-11-27)45-19-16-39-14-17-44-18-15-39)23-33(41)32(22-26-8-6-5-7-9-26)38-35(43)46-36(2,3)4/h5-13,25,28-29,31-33,40-41H,14-24H2,1-4H3,(H,37,42)(H,38,43). The maximum atomic E-state index is 13.8. The molecule has 0 spiro atoms. The highest BCUT2D eigenvalue weighted by atomic mass is 16.6. The third-order valence-corrected chi connectivity index (χ3v) is 8.73. The summed E-state index contributed by atoms with van der Waals surface area (Å²) in [7, 11) is 0. The Kier molecular flexibility index (Phi) is 13.3. The first-order chi connectivity index (χ1) is 21.9. The highest BCUT2D eigenvalue weighted by molar-refractivity contribution is 5.79. The average molecular weight is 640 g/mol. The highest BCUT2D eigenvalue weighted by Gasteiger charge is 2.35. The molecule has 10 nitrogen and oxygen atoms in total. The molecule has 0 radical (unpaired) electrons. The molecule has 1 aliphatic carbocycles. The van der Waals surface area contributed by atoms with E-state index in [0.29, 0.717) is 32.3 Å². The Bertz CT molecular complexity index is 1210. The van der Waals surface area contributed by atoms with Crippen molar-refractivity contribution in [1.82, 2.24) is 15.5 Å². The van der Waals surface area contributed by atoms with Crippen molar-refractivity contribution in [1.29, 1.82) is 0 Å². The normalized spacial score (nSPS) is 22.4. The van der Waals surface area contributed by atoms with E-state index >= 15 is 0 Å². The molecule has 6 atom stereocenters. The molecule has 1 heterocycles. The molecule has 4 N–H and O–H groups in total. The van der Waals surface area contributed by atoms with E-state index in [-0.39, 0.29) is 24.3 Å². The maximum absolute atomic E-state index is 13.8. The van der Waals surface area contributed by atoms with Crippen molar-refractivity contribution in [3.63, 3.8) is 0 Å². The van der Waals surface area contributed by atoms with Crippen molar-refractivity contribution in [2.75, 3.05) is 39.5 Å². The molecule has 254 valence electrons. The van der Waals surface area contributed by atoms with Crippen LogP contribution in [0, 0.1) is 11.8 Å². The minimum Gasteiger partial charge on any atom is -0.492 e. The van der Waals surface area contributed by atoms with Gasteiger partial charge in [0, 0.05) is 31.6 Å². The Hall–Kier alpha value is -3.18. The van der Waals surface area contributed by atoms with Crippen LogP contribution in [0.3, 0.4) is 0 Å². The largest absolute Gasteiger partial charge is 0.492 e. The summed E-state index contributed by atoms with van der Waals surface area (Å²) < 4.78 is 16.9. The number of morpholine rings is 1. The molecule has 1 aliphatic heterocycles. The lowest BCUT2D eigenvalue weighted by Crippen LogP contribution is -2.49. The molecule has 1 saturated heterocycles. The maximum Gasteiger partial charge on any atom is 0.407 e. The van der Waals surface area contributed by atoms with Crippen LogP contribution in [-0.4, -0.2) is 96.5 Å². The van der Waals surface area contributed by atoms with E-state index < -0.39 is 35.9 Å². The van der Waals surface area contributed by atoms with Crippen LogP contribution in [0.2, 0.25) is 0 Å². The van der Waals surface area contributed by atoms with E-state index in [1.165, 1.54) is 0 Å².